The first kappa shape index (κ1) is 11.6. The number of carbonyl (C=O) groups excluding carboxylic acids is 1. The third-order valence-corrected chi connectivity index (χ3v) is 5.37. The molecule has 1 aromatic carbocycles. The molecule has 0 aliphatic heterocycles. The Morgan fingerprint density at radius 2 is 2.11 bits per heavy atom. The van der Waals surface area contributed by atoms with Gasteiger partial charge in [0.05, 0.1) is 0 Å². The van der Waals surface area contributed by atoms with Gasteiger partial charge in [0.25, 0.3) is 0 Å². The van der Waals surface area contributed by atoms with Gasteiger partial charge in [0.1, 0.15) is 0 Å². The van der Waals surface area contributed by atoms with Crippen LogP contribution in [0.5, 0.6) is 0 Å². The Morgan fingerprint density at radius 1 is 1.33 bits per heavy atom. The van der Waals surface area contributed by atoms with Gasteiger partial charge >= 0.3 is 111 Å². The van der Waals surface area contributed by atoms with Gasteiger partial charge in [0.15, 0.2) is 0 Å². The fourth-order valence-corrected chi connectivity index (χ4v) is 4.70. The second-order valence-corrected chi connectivity index (χ2v) is 6.39. The quantitative estimate of drug-likeness (QED) is 0.538. The molecule has 0 radical (unpaired) electrons. The van der Waals surface area contributed by atoms with Crippen molar-refractivity contribution in [1.29, 1.82) is 0 Å². The summed E-state index contributed by atoms with van der Waals surface area (Å²) >= 11 is 0.300. The molecule has 92 valence electrons. The molecule has 0 bridgehead atoms. The van der Waals surface area contributed by atoms with Crippen molar-refractivity contribution in [2.45, 2.75) is 6.92 Å². The molecule has 0 amide bonds. The molecule has 18 heavy (non-hydrogen) atoms. The van der Waals surface area contributed by atoms with Gasteiger partial charge < -0.3 is 0 Å². The summed E-state index contributed by atoms with van der Waals surface area (Å²) in [5.74, 6) is -0.234. The Bertz CT molecular complexity index is 739. The number of hydrogen-bond donors (Lipinski definition) is 0. The second kappa shape index (κ2) is 4.30. The van der Waals surface area contributed by atoms with Crippen LogP contribution in [0.25, 0.3) is 19.4 Å². The molecule has 0 atom stereocenters. The van der Waals surface area contributed by atoms with E-state index in [0.29, 0.717) is 26.8 Å². The number of esters is 1. The monoisotopic (exact) mass is 307 g/mol. The van der Waals surface area contributed by atoms with Gasteiger partial charge in [-0.25, -0.2) is 0 Å². The maximum atomic E-state index is 11.8. The second-order valence-electron chi connectivity index (χ2n) is 4.12. The Balaban J connectivity index is 2.26. The van der Waals surface area contributed by atoms with E-state index in [4.69, 9.17) is 4.74 Å². The van der Waals surface area contributed by atoms with Crippen LogP contribution in [-0.4, -0.2) is 31.6 Å². The number of aromatic nitrogens is 1. The number of aryl methyl sites for hydroxylation is 1. The van der Waals surface area contributed by atoms with Crippen LogP contribution in [0.2, 0.25) is 0 Å². The van der Waals surface area contributed by atoms with Crippen molar-refractivity contribution in [2.75, 3.05) is 6.61 Å². The van der Waals surface area contributed by atoms with Crippen LogP contribution in [0.4, 0.5) is 0 Å². The number of carbonyl (C=O) groups is 1. The third kappa shape index (κ3) is 1.61. The molecule has 3 rings (SSSR count). The minimum absolute atomic E-state index is 0.234. The molecule has 0 aliphatic carbocycles. The fourth-order valence-electron chi connectivity index (χ4n) is 2.24. The predicted octanol–water partition coefficient (Wildman–Crippen LogP) is 2.57. The zero-order valence-electron chi connectivity index (χ0n) is 10.3. The Labute approximate surface area is 111 Å². The number of fused-ring (bicyclic) bond motifs is 3. The number of rotatable bonds is 2. The predicted molar refractivity (Wildman–Crippen MR) is 73.3 cm³/mol. The van der Waals surface area contributed by atoms with Gasteiger partial charge in [0, 0.05) is 0 Å². The SMILES string of the molecule is CCOC(=O)c1cc2[se]c3ccccc3c2n1C. The topological polar surface area (TPSA) is 31.2 Å². The van der Waals surface area contributed by atoms with Crippen molar-refractivity contribution >= 4 is 39.9 Å². The summed E-state index contributed by atoms with van der Waals surface area (Å²) < 4.78 is 9.70. The number of benzene rings is 1. The molecule has 2 heterocycles. The van der Waals surface area contributed by atoms with Gasteiger partial charge in [-0.2, -0.15) is 0 Å². The zero-order chi connectivity index (χ0) is 12.7. The molecule has 0 saturated carbocycles. The summed E-state index contributed by atoms with van der Waals surface area (Å²) in [5.41, 5.74) is 1.83. The van der Waals surface area contributed by atoms with E-state index in [1.165, 1.54) is 19.4 Å². The average molecular weight is 306 g/mol. The summed E-state index contributed by atoms with van der Waals surface area (Å²) in [4.78, 5) is 11.8. The van der Waals surface area contributed by atoms with Crippen molar-refractivity contribution in [3.63, 3.8) is 0 Å². The number of hydrogen-bond acceptors (Lipinski definition) is 2. The Morgan fingerprint density at radius 3 is 2.89 bits per heavy atom. The number of ether oxygens (including phenoxy) is 1. The molecule has 0 spiro atoms. The summed E-state index contributed by atoms with van der Waals surface area (Å²) in [5, 5.41) is 1.26. The van der Waals surface area contributed by atoms with Crippen LogP contribution in [0.15, 0.2) is 30.3 Å². The van der Waals surface area contributed by atoms with Gasteiger partial charge in [-0.3, -0.25) is 0 Å². The van der Waals surface area contributed by atoms with Gasteiger partial charge in [-0.05, 0) is 0 Å². The van der Waals surface area contributed by atoms with Crippen LogP contribution >= 0.6 is 0 Å². The van der Waals surface area contributed by atoms with E-state index in [1.807, 2.05) is 30.7 Å². The van der Waals surface area contributed by atoms with Gasteiger partial charge in [0.2, 0.25) is 0 Å². The van der Waals surface area contributed by atoms with Crippen LogP contribution in [-0.2, 0) is 11.8 Å². The van der Waals surface area contributed by atoms with Gasteiger partial charge in [-0.15, -0.1) is 0 Å². The molecule has 0 saturated heterocycles. The van der Waals surface area contributed by atoms with Crippen molar-refractivity contribution in [3.05, 3.63) is 36.0 Å². The average Bonchev–Trinajstić information content (AvgIpc) is 2.87. The molecule has 2 aromatic heterocycles. The molecule has 0 fully saturated rings. The maximum absolute atomic E-state index is 11.8. The zero-order valence-corrected chi connectivity index (χ0v) is 12.0. The molecule has 0 N–H and O–H groups in total. The van der Waals surface area contributed by atoms with Crippen molar-refractivity contribution in [3.8, 4) is 0 Å². The first-order chi connectivity index (χ1) is 8.72. The standard InChI is InChI=1S/C14H13NO2Se/c1-3-17-14(16)10-8-12-13(15(10)2)9-6-4-5-7-11(9)18-12/h4-8H,3H2,1-2H3. The summed E-state index contributed by atoms with van der Waals surface area (Å²) in [7, 11) is 1.93. The fraction of sp³-hybridized carbons (Fsp3) is 0.214. The van der Waals surface area contributed by atoms with Gasteiger partial charge in [-0.1, -0.05) is 0 Å². The van der Waals surface area contributed by atoms with Crippen molar-refractivity contribution in [1.82, 2.24) is 4.57 Å². The van der Waals surface area contributed by atoms with Crippen LogP contribution in [0, 0.1) is 0 Å². The summed E-state index contributed by atoms with van der Waals surface area (Å²) in [6, 6.07) is 10.4. The molecule has 0 aliphatic rings. The molecule has 3 aromatic rings. The first-order valence-corrected chi connectivity index (χ1v) is 7.57. The Kier molecular flexibility index (Phi) is 2.77. The minimum atomic E-state index is -0.234. The molecular formula is C14H13NO2Se. The van der Waals surface area contributed by atoms with E-state index >= 15 is 0 Å². The number of nitrogens with zero attached hydrogens (tertiary/aromatic N) is 1. The van der Waals surface area contributed by atoms with E-state index in [-0.39, 0.29) is 5.97 Å². The van der Waals surface area contributed by atoms with Crippen molar-refractivity contribution in [2.24, 2.45) is 7.05 Å². The van der Waals surface area contributed by atoms with E-state index in [9.17, 15) is 4.79 Å². The third-order valence-electron chi connectivity index (χ3n) is 3.04. The van der Waals surface area contributed by atoms with Crippen LogP contribution in [0.3, 0.4) is 0 Å². The molecule has 3 nitrogen and oxygen atoms in total. The Hall–Kier alpha value is -1.51. The van der Waals surface area contributed by atoms with E-state index < -0.39 is 0 Å². The molecule has 0 unspecified atom stereocenters. The van der Waals surface area contributed by atoms with E-state index in [2.05, 4.69) is 18.2 Å². The first-order valence-electron chi connectivity index (χ1n) is 5.86. The summed E-state index contributed by atoms with van der Waals surface area (Å²) in [6.07, 6.45) is 0. The normalized spacial score (nSPS) is 11.2. The molecular weight excluding hydrogens is 293 g/mol. The van der Waals surface area contributed by atoms with E-state index in [1.54, 1.807) is 0 Å². The van der Waals surface area contributed by atoms with Crippen LogP contribution in [0.1, 0.15) is 17.4 Å². The van der Waals surface area contributed by atoms with Crippen molar-refractivity contribution < 1.29 is 9.53 Å². The van der Waals surface area contributed by atoms with Crippen LogP contribution < -0.4 is 0 Å². The van der Waals surface area contributed by atoms with E-state index in [0.717, 1.165) is 0 Å². The molecule has 4 heteroatoms. The summed E-state index contributed by atoms with van der Waals surface area (Å²) in [6.45, 7) is 2.24.